The first-order valence-corrected chi connectivity index (χ1v) is 5.85. The number of amides is 1. The van der Waals surface area contributed by atoms with Crippen molar-refractivity contribution >= 4 is 17.7 Å². The molecule has 0 aliphatic heterocycles. The van der Waals surface area contributed by atoms with Crippen LogP contribution in [0.4, 0.5) is 5.69 Å². The predicted molar refractivity (Wildman–Crippen MR) is 72.4 cm³/mol. The zero-order chi connectivity index (χ0) is 12.8. The molecule has 3 heteroatoms. The van der Waals surface area contributed by atoms with E-state index in [0.717, 1.165) is 17.7 Å². The number of nitrogens with zero attached hydrogens (tertiary/aromatic N) is 1. The molecule has 1 unspecified atom stereocenters. The first kappa shape index (κ1) is 13.3. The fourth-order valence-electron chi connectivity index (χ4n) is 1.38. The van der Waals surface area contributed by atoms with E-state index in [-0.39, 0.29) is 11.9 Å². The molecule has 0 bridgehead atoms. The minimum absolute atomic E-state index is 0.0242. The number of likely N-dealkylation sites (N-methyl/N-ethyl adjacent to an activating group) is 1. The number of rotatable bonds is 4. The number of nitrogen functional groups attached to an aromatic ring is 1. The Morgan fingerprint density at radius 3 is 2.53 bits per heavy atom. The minimum atomic E-state index is 0.0242. The third-order valence-electron chi connectivity index (χ3n) is 2.95. The van der Waals surface area contributed by atoms with Gasteiger partial charge in [-0.2, -0.15) is 0 Å². The first-order valence-electron chi connectivity index (χ1n) is 5.85. The molecule has 0 spiro atoms. The van der Waals surface area contributed by atoms with Crippen molar-refractivity contribution in [1.29, 1.82) is 0 Å². The van der Waals surface area contributed by atoms with Crippen molar-refractivity contribution in [2.24, 2.45) is 0 Å². The van der Waals surface area contributed by atoms with Gasteiger partial charge in [0.2, 0.25) is 5.91 Å². The van der Waals surface area contributed by atoms with Crippen LogP contribution in [0.5, 0.6) is 0 Å². The third kappa shape index (κ3) is 3.94. The van der Waals surface area contributed by atoms with Crippen molar-refractivity contribution in [3.63, 3.8) is 0 Å². The van der Waals surface area contributed by atoms with Crippen LogP contribution in [-0.2, 0) is 4.79 Å². The van der Waals surface area contributed by atoms with Gasteiger partial charge in [-0.15, -0.1) is 0 Å². The van der Waals surface area contributed by atoms with Crippen LogP contribution < -0.4 is 5.73 Å². The van der Waals surface area contributed by atoms with E-state index in [4.69, 9.17) is 5.73 Å². The quantitative estimate of drug-likeness (QED) is 0.640. The van der Waals surface area contributed by atoms with Gasteiger partial charge in [0, 0.05) is 24.9 Å². The highest BCUT2D eigenvalue weighted by Gasteiger charge is 2.10. The van der Waals surface area contributed by atoms with Crippen LogP contribution in [0.2, 0.25) is 0 Å². The highest BCUT2D eigenvalue weighted by molar-refractivity contribution is 5.91. The van der Waals surface area contributed by atoms with Gasteiger partial charge in [0.25, 0.3) is 0 Å². The molecular weight excluding hydrogens is 212 g/mol. The maximum atomic E-state index is 11.8. The Hall–Kier alpha value is -1.77. The number of carbonyl (C=O) groups is 1. The van der Waals surface area contributed by atoms with Crippen molar-refractivity contribution in [3.8, 4) is 0 Å². The lowest BCUT2D eigenvalue weighted by atomic mass is 10.2. The molecule has 0 radical (unpaired) electrons. The van der Waals surface area contributed by atoms with E-state index < -0.39 is 0 Å². The first-order chi connectivity index (χ1) is 8.04. The SMILES string of the molecule is CCC(C)N(C)C(=O)/C=C/c1ccc(N)cc1. The average molecular weight is 232 g/mol. The van der Waals surface area contributed by atoms with Gasteiger partial charge >= 0.3 is 0 Å². The van der Waals surface area contributed by atoms with E-state index in [1.54, 1.807) is 17.1 Å². The van der Waals surface area contributed by atoms with Gasteiger partial charge in [0.15, 0.2) is 0 Å². The monoisotopic (exact) mass is 232 g/mol. The summed E-state index contributed by atoms with van der Waals surface area (Å²) in [6.07, 6.45) is 4.36. The molecule has 0 aliphatic rings. The second kappa shape index (κ2) is 6.09. The molecule has 1 amide bonds. The van der Waals surface area contributed by atoms with Crippen molar-refractivity contribution in [2.45, 2.75) is 26.3 Å². The summed E-state index contributed by atoms with van der Waals surface area (Å²) in [6, 6.07) is 7.69. The average Bonchev–Trinajstić information content (AvgIpc) is 2.35. The topological polar surface area (TPSA) is 46.3 Å². The molecule has 0 fully saturated rings. The number of hydrogen-bond donors (Lipinski definition) is 1. The molecule has 0 aromatic heterocycles. The van der Waals surface area contributed by atoms with E-state index in [9.17, 15) is 4.79 Å². The number of benzene rings is 1. The highest BCUT2D eigenvalue weighted by atomic mass is 16.2. The van der Waals surface area contributed by atoms with Crippen molar-refractivity contribution in [1.82, 2.24) is 4.90 Å². The summed E-state index contributed by atoms with van der Waals surface area (Å²) in [5.41, 5.74) is 7.29. The number of carbonyl (C=O) groups excluding carboxylic acids is 1. The van der Waals surface area contributed by atoms with Gasteiger partial charge in [0.1, 0.15) is 0 Å². The molecule has 1 atom stereocenters. The van der Waals surface area contributed by atoms with Crippen LogP contribution in [0.1, 0.15) is 25.8 Å². The number of anilines is 1. The molecule has 0 saturated heterocycles. The normalized spacial score (nSPS) is 12.6. The van der Waals surface area contributed by atoms with Crippen molar-refractivity contribution < 1.29 is 4.79 Å². The second-order valence-corrected chi connectivity index (χ2v) is 4.21. The molecule has 1 aromatic carbocycles. The van der Waals surface area contributed by atoms with Gasteiger partial charge in [-0.05, 0) is 37.1 Å². The maximum absolute atomic E-state index is 11.8. The van der Waals surface area contributed by atoms with Crippen LogP contribution in [0.15, 0.2) is 30.3 Å². The van der Waals surface area contributed by atoms with E-state index in [1.807, 2.05) is 38.2 Å². The number of hydrogen-bond acceptors (Lipinski definition) is 2. The Bertz CT molecular complexity index is 395. The molecule has 0 saturated carbocycles. The molecule has 1 aromatic rings. The molecular formula is C14H20N2O. The van der Waals surface area contributed by atoms with E-state index in [0.29, 0.717) is 0 Å². The van der Waals surface area contributed by atoms with Crippen molar-refractivity contribution in [3.05, 3.63) is 35.9 Å². The fraction of sp³-hybridized carbons (Fsp3) is 0.357. The lowest BCUT2D eigenvalue weighted by molar-refractivity contribution is -0.126. The van der Waals surface area contributed by atoms with Gasteiger partial charge in [-0.1, -0.05) is 19.1 Å². The van der Waals surface area contributed by atoms with Crippen LogP contribution in [0, 0.1) is 0 Å². The molecule has 17 heavy (non-hydrogen) atoms. The number of nitrogens with two attached hydrogens (primary N) is 1. The Morgan fingerprint density at radius 1 is 1.41 bits per heavy atom. The smallest absolute Gasteiger partial charge is 0.246 e. The van der Waals surface area contributed by atoms with Crippen LogP contribution >= 0.6 is 0 Å². The van der Waals surface area contributed by atoms with Crippen molar-refractivity contribution in [2.75, 3.05) is 12.8 Å². The lowest BCUT2D eigenvalue weighted by Crippen LogP contribution is -2.33. The Labute approximate surface area is 103 Å². The van der Waals surface area contributed by atoms with Gasteiger partial charge in [-0.3, -0.25) is 4.79 Å². The molecule has 2 N–H and O–H groups in total. The molecule has 0 heterocycles. The summed E-state index contributed by atoms with van der Waals surface area (Å²) in [5.74, 6) is 0.0242. The fourth-order valence-corrected chi connectivity index (χ4v) is 1.38. The molecule has 1 rings (SSSR count). The standard InChI is InChI=1S/C14H20N2O/c1-4-11(2)16(3)14(17)10-7-12-5-8-13(15)9-6-12/h5-11H,4,15H2,1-3H3/b10-7+. The summed E-state index contributed by atoms with van der Waals surface area (Å²) in [4.78, 5) is 13.5. The van der Waals surface area contributed by atoms with E-state index in [2.05, 4.69) is 6.92 Å². The second-order valence-electron chi connectivity index (χ2n) is 4.21. The zero-order valence-corrected chi connectivity index (χ0v) is 10.7. The van der Waals surface area contributed by atoms with Gasteiger partial charge in [-0.25, -0.2) is 0 Å². The summed E-state index contributed by atoms with van der Waals surface area (Å²) in [7, 11) is 1.82. The third-order valence-corrected chi connectivity index (χ3v) is 2.95. The van der Waals surface area contributed by atoms with Gasteiger partial charge in [0.05, 0.1) is 0 Å². The molecule has 3 nitrogen and oxygen atoms in total. The van der Waals surface area contributed by atoms with Crippen LogP contribution in [-0.4, -0.2) is 23.9 Å². The Morgan fingerprint density at radius 2 is 2.00 bits per heavy atom. The van der Waals surface area contributed by atoms with E-state index >= 15 is 0 Å². The largest absolute Gasteiger partial charge is 0.399 e. The maximum Gasteiger partial charge on any atom is 0.246 e. The Balaban J connectivity index is 2.65. The summed E-state index contributed by atoms with van der Waals surface area (Å²) in [6.45, 7) is 4.10. The molecule has 92 valence electrons. The van der Waals surface area contributed by atoms with Crippen LogP contribution in [0.3, 0.4) is 0 Å². The van der Waals surface area contributed by atoms with Gasteiger partial charge < -0.3 is 10.6 Å². The Kier molecular flexibility index (Phi) is 4.76. The molecule has 0 aliphatic carbocycles. The predicted octanol–water partition coefficient (Wildman–Crippen LogP) is 2.54. The summed E-state index contributed by atoms with van der Waals surface area (Å²) in [5, 5.41) is 0. The van der Waals surface area contributed by atoms with E-state index in [1.165, 1.54) is 0 Å². The summed E-state index contributed by atoms with van der Waals surface area (Å²) < 4.78 is 0. The zero-order valence-electron chi connectivity index (χ0n) is 10.7. The lowest BCUT2D eigenvalue weighted by Gasteiger charge is -2.22. The highest BCUT2D eigenvalue weighted by Crippen LogP contribution is 2.08. The van der Waals surface area contributed by atoms with Crippen LogP contribution in [0.25, 0.3) is 6.08 Å². The minimum Gasteiger partial charge on any atom is -0.399 e. The summed E-state index contributed by atoms with van der Waals surface area (Å²) >= 11 is 0.